The summed E-state index contributed by atoms with van der Waals surface area (Å²) in [6, 6.07) is 26.0. The van der Waals surface area contributed by atoms with E-state index in [0.717, 1.165) is 22.5 Å². The van der Waals surface area contributed by atoms with E-state index in [-0.39, 0.29) is 4.90 Å². The van der Waals surface area contributed by atoms with E-state index in [1.165, 1.54) is 6.26 Å². The minimum Gasteiger partial charge on any atom is -0.231 e. The summed E-state index contributed by atoms with van der Waals surface area (Å²) in [5, 5.41) is 5.38. The summed E-state index contributed by atoms with van der Waals surface area (Å²) in [4.78, 5) is 0.230. The minimum absolute atomic E-state index is 0.230. The van der Waals surface area contributed by atoms with Crippen molar-refractivity contribution in [3.05, 3.63) is 90.0 Å². The highest BCUT2D eigenvalue weighted by Gasteiger charge is 2.19. The highest BCUT2D eigenvalue weighted by molar-refractivity contribution is 7.90. The van der Waals surface area contributed by atoms with Gasteiger partial charge in [0.05, 0.1) is 22.0 Å². The standard InChI is InChI=1S/C22H17ClN2O2S/c1-28(26,27)22-10-6-5-9-20(22)25-21(17-11-13-18(23)14-12-17)15-19(24-25)16-7-3-2-4-8-16/h2-15H,1H3. The van der Waals surface area contributed by atoms with Crippen molar-refractivity contribution in [2.75, 3.05) is 6.26 Å². The number of nitrogens with zero attached hydrogens (tertiary/aromatic N) is 2. The van der Waals surface area contributed by atoms with Gasteiger partial charge in [-0.1, -0.05) is 66.2 Å². The summed E-state index contributed by atoms with van der Waals surface area (Å²) in [5.41, 5.74) is 3.90. The molecule has 0 aliphatic rings. The van der Waals surface area contributed by atoms with Gasteiger partial charge < -0.3 is 0 Å². The van der Waals surface area contributed by atoms with E-state index < -0.39 is 9.84 Å². The molecular formula is C22H17ClN2O2S. The monoisotopic (exact) mass is 408 g/mol. The lowest BCUT2D eigenvalue weighted by molar-refractivity contribution is 0.601. The molecule has 0 spiro atoms. The first-order chi connectivity index (χ1) is 13.4. The molecule has 0 saturated heterocycles. The highest BCUT2D eigenvalue weighted by atomic mass is 35.5. The summed E-state index contributed by atoms with van der Waals surface area (Å²) in [5.74, 6) is 0. The lowest BCUT2D eigenvalue weighted by atomic mass is 10.1. The van der Waals surface area contributed by atoms with E-state index in [1.807, 2.05) is 48.5 Å². The largest absolute Gasteiger partial charge is 0.231 e. The first-order valence-corrected chi connectivity index (χ1v) is 10.9. The van der Waals surface area contributed by atoms with Gasteiger partial charge in [0, 0.05) is 22.4 Å². The molecule has 3 aromatic carbocycles. The van der Waals surface area contributed by atoms with Crippen molar-refractivity contribution in [2.24, 2.45) is 0 Å². The number of benzene rings is 3. The molecule has 4 nitrogen and oxygen atoms in total. The van der Waals surface area contributed by atoms with Crippen molar-refractivity contribution in [1.29, 1.82) is 0 Å². The van der Waals surface area contributed by atoms with Crippen LogP contribution in [0.4, 0.5) is 0 Å². The van der Waals surface area contributed by atoms with Gasteiger partial charge in [0.2, 0.25) is 0 Å². The first-order valence-electron chi connectivity index (χ1n) is 8.64. The van der Waals surface area contributed by atoms with Gasteiger partial charge in [-0.15, -0.1) is 0 Å². The molecule has 1 aromatic heterocycles. The highest BCUT2D eigenvalue weighted by Crippen LogP contribution is 2.31. The fourth-order valence-electron chi connectivity index (χ4n) is 3.09. The lowest BCUT2D eigenvalue weighted by Gasteiger charge is -2.11. The van der Waals surface area contributed by atoms with E-state index in [1.54, 1.807) is 41.1 Å². The molecule has 0 atom stereocenters. The number of aromatic nitrogens is 2. The van der Waals surface area contributed by atoms with Crippen LogP contribution in [0.25, 0.3) is 28.2 Å². The van der Waals surface area contributed by atoms with Crippen LogP contribution in [0.1, 0.15) is 0 Å². The molecule has 0 amide bonds. The summed E-state index contributed by atoms with van der Waals surface area (Å²) in [7, 11) is -3.42. The Morgan fingerprint density at radius 2 is 1.46 bits per heavy atom. The van der Waals surface area contributed by atoms with Gasteiger partial charge in [0.25, 0.3) is 0 Å². The molecule has 4 rings (SSSR count). The predicted molar refractivity (Wildman–Crippen MR) is 113 cm³/mol. The molecule has 0 N–H and O–H groups in total. The average molecular weight is 409 g/mol. The van der Waals surface area contributed by atoms with Crippen molar-refractivity contribution >= 4 is 21.4 Å². The van der Waals surface area contributed by atoms with Crippen molar-refractivity contribution in [2.45, 2.75) is 4.90 Å². The molecule has 0 saturated carbocycles. The molecule has 140 valence electrons. The zero-order valence-corrected chi connectivity index (χ0v) is 16.7. The van der Waals surface area contributed by atoms with Gasteiger partial charge in [-0.25, -0.2) is 13.1 Å². The van der Waals surface area contributed by atoms with Crippen LogP contribution in [0.15, 0.2) is 89.8 Å². The molecule has 0 bridgehead atoms. The van der Waals surface area contributed by atoms with Crippen LogP contribution < -0.4 is 0 Å². The normalized spacial score (nSPS) is 11.5. The van der Waals surface area contributed by atoms with Gasteiger partial charge in [-0.3, -0.25) is 0 Å². The topological polar surface area (TPSA) is 52.0 Å². The van der Waals surface area contributed by atoms with Crippen molar-refractivity contribution < 1.29 is 8.42 Å². The predicted octanol–water partition coefficient (Wildman–Crippen LogP) is 5.26. The third kappa shape index (κ3) is 3.59. The summed E-state index contributed by atoms with van der Waals surface area (Å²) < 4.78 is 26.4. The molecular weight excluding hydrogens is 392 g/mol. The second-order valence-corrected chi connectivity index (χ2v) is 8.86. The first kappa shape index (κ1) is 18.5. The Balaban J connectivity index is 1.99. The van der Waals surface area contributed by atoms with Gasteiger partial charge >= 0.3 is 0 Å². The number of hydrogen-bond donors (Lipinski definition) is 0. The quantitative estimate of drug-likeness (QED) is 0.462. The van der Waals surface area contributed by atoms with Crippen molar-refractivity contribution in [1.82, 2.24) is 9.78 Å². The van der Waals surface area contributed by atoms with Crippen LogP contribution in [0.2, 0.25) is 5.02 Å². The number of rotatable bonds is 4. The number of hydrogen-bond acceptors (Lipinski definition) is 3. The van der Waals surface area contributed by atoms with E-state index in [9.17, 15) is 8.42 Å². The maximum atomic E-state index is 12.3. The summed E-state index contributed by atoms with van der Waals surface area (Å²) >= 11 is 6.04. The fraction of sp³-hybridized carbons (Fsp3) is 0.0455. The molecule has 6 heteroatoms. The molecule has 1 heterocycles. The van der Waals surface area contributed by atoms with Gasteiger partial charge in [-0.05, 0) is 30.3 Å². The second-order valence-electron chi connectivity index (χ2n) is 6.44. The van der Waals surface area contributed by atoms with Gasteiger partial charge in [-0.2, -0.15) is 5.10 Å². The number of sulfone groups is 1. The molecule has 0 aliphatic heterocycles. The van der Waals surface area contributed by atoms with Crippen LogP contribution in [-0.4, -0.2) is 24.5 Å². The molecule has 4 aromatic rings. The zero-order valence-electron chi connectivity index (χ0n) is 15.1. The van der Waals surface area contributed by atoms with Crippen LogP contribution in [0.3, 0.4) is 0 Å². The Morgan fingerprint density at radius 1 is 0.821 bits per heavy atom. The van der Waals surface area contributed by atoms with Gasteiger partial charge in [0.15, 0.2) is 9.84 Å². The van der Waals surface area contributed by atoms with Crippen molar-refractivity contribution in [3.8, 4) is 28.2 Å². The van der Waals surface area contributed by atoms with Gasteiger partial charge in [0.1, 0.15) is 0 Å². The van der Waals surface area contributed by atoms with E-state index >= 15 is 0 Å². The maximum absolute atomic E-state index is 12.3. The van der Waals surface area contributed by atoms with Crippen LogP contribution in [0, 0.1) is 0 Å². The van der Waals surface area contributed by atoms with Crippen LogP contribution in [0.5, 0.6) is 0 Å². The molecule has 0 fully saturated rings. The van der Waals surface area contributed by atoms with E-state index in [2.05, 4.69) is 0 Å². The van der Waals surface area contributed by atoms with Crippen LogP contribution in [-0.2, 0) is 9.84 Å². The Kier molecular flexibility index (Phi) is 4.79. The average Bonchev–Trinajstić information content (AvgIpc) is 3.14. The summed E-state index contributed by atoms with van der Waals surface area (Å²) in [6.07, 6.45) is 1.20. The van der Waals surface area contributed by atoms with E-state index in [0.29, 0.717) is 10.7 Å². The Bertz CT molecular complexity index is 1230. The fourth-order valence-corrected chi connectivity index (χ4v) is 4.07. The number of para-hydroxylation sites is 1. The number of halogens is 1. The Morgan fingerprint density at radius 3 is 2.14 bits per heavy atom. The lowest BCUT2D eigenvalue weighted by Crippen LogP contribution is -2.07. The second kappa shape index (κ2) is 7.26. The van der Waals surface area contributed by atoms with Crippen LogP contribution >= 0.6 is 11.6 Å². The zero-order chi connectivity index (χ0) is 19.7. The third-order valence-corrected chi connectivity index (χ3v) is 5.81. The Hall–Kier alpha value is -2.89. The smallest absolute Gasteiger partial charge is 0.177 e. The maximum Gasteiger partial charge on any atom is 0.177 e. The minimum atomic E-state index is -3.42. The SMILES string of the molecule is CS(=O)(=O)c1ccccc1-n1nc(-c2ccccc2)cc1-c1ccc(Cl)cc1. The van der Waals surface area contributed by atoms with E-state index in [4.69, 9.17) is 16.7 Å². The molecule has 0 radical (unpaired) electrons. The van der Waals surface area contributed by atoms with Crippen molar-refractivity contribution in [3.63, 3.8) is 0 Å². The Labute approximate surface area is 169 Å². The molecule has 0 unspecified atom stereocenters. The molecule has 28 heavy (non-hydrogen) atoms. The molecule has 0 aliphatic carbocycles. The summed E-state index contributed by atoms with van der Waals surface area (Å²) in [6.45, 7) is 0. The third-order valence-electron chi connectivity index (χ3n) is 4.41.